The quantitative estimate of drug-likeness (QED) is 0.766. The highest BCUT2D eigenvalue weighted by molar-refractivity contribution is 5.47. The van der Waals surface area contributed by atoms with Crippen LogP contribution < -0.4 is 0 Å². The molecule has 108 valence electrons. The molecule has 0 radical (unpaired) electrons. The van der Waals surface area contributed by atoms with Crippen LogP contribution in [0, 0.1) is 0 Å². The number of allylic oxidation sites excluding steroid dienone is 1. The van der Waals surface area contributed by atoms with Crippen molar-refractivity contribution in [1.82, 2.24) is 4.90 Å². The van der Waals surface area contributed by atoms with Crippen molar-refractivity contribution < 1.29 is 0 Å². The Bertz CT molecular complexity index is 592. The van der Waals surface area contributed by atoms with Crippen LogP contribution in [0.2, 0.25) is 0 Å². The summed E-state index contributed by atoms with van der Waals surface area (Å²) in [7, 11) is 4.22. The van der Waals surface area contributed by atoms with E-state index < -0.39 is 0 Å². The fourth-order valence-electron chi connectivity index (χ4n) is 3.18. The van der Waals surface area contributed by atoms with Gasteiger partial charge in [-0.2, -0.15) is 0 Å². The Balaban J connectivity index is 2.04. The number of hydrogen-bond donors (Lipinski definition) is 0. The highest BCUT2D eigenvalue weighted by Crippen LogP contribution is 2.35. The zero-order chi connectivity index (χ0) is 14.7. The van der Waals surface area contributed by atoms with Crippen LogP contribution in [0.4, 0.5) is 0 Å². The highest BCUT2D eigenvalue weighted by Gasteiger charge is 2.20. The molecule has 0 aliphatic heterocycles. The van der Waals surface area contributed by atoms with Gasteiger partial charge in [0.2, 0.25) is 0 Å². The summed E-state index contributed by atoms with van der Waals surface area (Å²) in [5.41, 5.74) is 5.93. The minimum atomic E-state index is 0.389. The van der Waals surface area contributed by atoms with E-state index in [4.69, 9.17) is 0 Å². The topological polar surface area (TPSA) is 3.24 Å². The Hall–Kier alpha value is -1.86. The van der Waals surface area contributed by atoms with Crippen LogP contribution in [0.1, 0.15) is 28.2 Å². The van der Waals surface area contributed by atoms with Gasteiger partial charge in [0.1, 0.15) is 0 Å². The SMILES string of the molecule is CN(C)C/C=C/C1c2ccccc2CCc2ccccc21. The van der Waals surface area contributed by atoms with Gasteiger partial charge >= 0.3 is 0 Å². The molecule has 1 heteroatoms. The van der Waals surface area contributed by atoms with Gasteiger partial charge in [-0.1, -0.05) is 60.7 Å². The number of nitrogens with zero attached hydrogens (tertiary/aromatic N) is 1. The molecule has 0 bridgehead atoms. The molecule has 3 rings (SSSR count). The first-order chi connectivity index (χ1) is 10.3. The molecule has 0 saturated carbocycles. The summed E-state index contributed by atoms with van der Waals surface area (Å²) in [6.07, 6.45) is 6.96. The van der Waals surface area contributed by atoms with Crippen molar-refractivity contribution in [2.45, 2.75) is 18.8 Å². The highest BCUT2D eigenvalue weighted by atomic mass is 15.0. The average molecular weight is 277 g/mol. The standard InChI is InChI=1S/C20H23N/c1-21(2)15-7-12-20-18-10-5-3-8-16(18)13-14-17-9-4-6-11-19(17)20/h3-12,20H,13-15H2,1-2H3/b12-7+. The van der Waals surface area contributed by atoms with Crippen LogP contribution in [-0.2, 0) is 12.8 Å². The summed E-state index contributed by atoms with van der Waals surface area (Å²) < 4.78 is 0. The Kier molecular flexibility index (Phi) is 4.21. The molecule has 0 N–H and O–H groups in total. The molecule has 1 aliphatic rings. The van der Waals surface area contributed by atoms with E-state index in [9.17, 15) is 0 Å². The Morgan fingerprint density at radius 1 is 0.905 bits per heavy atom. The third-order valence-corrected chi connectivity index (χ3v) is 4.24. The summed E-state index contributed by atoms with van der Waals surface area (Å²) in [6, 6.07) is 17.8. The molecule has 0 unspecified atom stereocenters. The maximum Gasteiger partial charge on any atom is 0.0275 e. The molecule has 0 amide bonds. The van der Waals surface area contributed by atoms with Crippen LogP contribution in [0.15, 0.2) is 60.7 Å². The van der Waals surface area contributed by atoms with Crippen LogP contribution in [0.3, 0.4) is 0 Å². The number of fused-ring (bicyclic) bond motifs is 2. The van der Waals surface area contributed by atoms with Crippen molar-refractivity contribution in [3.05, 3.63) is 82.9 Å². The molecule has 1 nitrogen and oxygen atoms in total. The number of benzene rings is 2. The predicted molar refractivity (Wildman–Crippen MR) is 89.8 cm³/mol. The zero-order valence-electron chi connectivity index (χ0n) is 12.9. The second kappa shape index (κ2) is 6.28. The fraction of sp³-hybridized carbons (Fsp3) is 0.300. The molecule has 0 aromatic heterocycles. The summed E-state index contributed by atoms with van der Waals surface area (Å²) in [5, 5.41) is 0. The zero-order valence-corrected chi connectivity index (χ0v) is 12.9. The fourth-order valence-corrected chi connectivity index (χ4v) is 3.18. The van der Waals surface area contributed by atoms with E-state index in [-0.39, 0.29) is 0 Å². The molecule has 0 atom stereocenters. The lowest BCUT2D eigenvalue weighted by Gasteiger charge is -2.17. The van der Waals surface area contributed by atoms with E-state index in [1.54, 1.807) is 0 Å². The van der Waals surface area contributed by atoms with Gasteiger partial charge in [0.05, 0.1) is 0 Å². The minimum absolute atomic E-state index is 0.389. The number of aryl methyl sites for hydroxylation is 2. The first-order valence-corrected chi connectivity index (χ1v) is 7.72. The summed E-state index contributed by atoms with van der Waals surface area (Å²) in [4.78, 5) is 2.20. The first-order valence-electron chi connectivity index (χ1n) is 7.72. The summed E-state index contributed by atoms with van der Waals surface area (Å²) >= 11 is 0. The van der Waals surface area contributed by atoms with Crippen LogP contribution in [0.25, 0.3) is 0 Å². The Morgan fingerprint density at radius 3 is 1.95 bits per heavy atom. The van der Waals surface area contributed by atoms with E-state index in [0.29, 0.717) is 5.92 Å². The molecule has 1 aliphatic carbocycles. The maximum absolute atomic E-state index is 2.38. The molecule has 0 fully saturated rings. The van der Waals surface area contributed by atoms with Crippen molar-refractivity contribution in [3.8, 4) is 0 Å². The molecule has 0 spiro atoms. The number of likely N-dealkylation sites (N-methyl/N-ethyl adjacent to an activating group) is 1. The first kappa shape index (κ1) is 14.1. The van der Waals surface area contributed by atoms with E-state index in [0.717, 1.165) is 19.4 Å². The molecule has 0 saturated heterocycles. The lowest BCUT2D eigenvalue weighted by molar-refractivity contribution is 0.456. The number of hydrogen-bond acceptors (Lipinski definition) is 1. The van der Waals surface area contributed by atoms with Crippen molar-refractivity contribution in [1.29, 1.82) is 0 Å². The second-order valence-electron chi connectivity index (χ2n) is 6.07. The van der Waals surface area contributed by atoms with Gasteiger partial charge < -0.3 is 4.90 Å². The summed E-state index contributed by atoms with van der Waals surface area (Å²) in [6.45, 7) is 0.987. The van der Waals surface area contributed by atoms with E-state index in [1.807, 2.05) is 0 Å². The minimum Gasteiger partial charge on any atom is -0.306 e. The summed E-state index contributed by atoms with van der Waals surface area (Å²) in [5.74, 6) is 0.389. The van der Waals surface area contributed by atoms with Crippen molar-refractivity contribution in [2.75, 3.05) is 20.6 Å². The normalized spacial score (nSPS) is 15.0. The predicted octanol–water partition coefficient (Wildman–Crippen LogP) is 4.03. The monoisotopic (exact) mass is 277 g/mol. The molecule has 0 heterocycles. The molecular formula is C20H23N. The van der Waals surface area contributed by atoms with Gasteiger partial charge in [-0.25, -0.2) is 0 Å². The third kappa shape index (κ3) is 3.08. The van der Waals surface area contributed by atoms with Crippen molar-refractivity contribution >= 4 is 0 Å². The lowest BCUT2D eigenvalue weighted by Crippen LogP contribution is -2.11. The second-order valence-corrected chi connectivity index (χ2v) is 6.07. The van der Waals surface area contributed by atoms with E-state index >= 15 is 0 Å². The lowest BCUT2D eigenvalue weighted by atomic mass is 9.88. The van der Waals surface area contributed by atoms with Crippen LogP contribution in [-0.4, -0.2) is 25.5 Å². The van der Waals surface area contributed by atoms with Crippen molar-refractivity contribution in [3.63, 3.8) is 0 Å². The van der Waals surface area contributed by atoms with Gasteiger partial charge in [0.15, 0.2) is 0 Å². The van der Waals surface area contributed by atoms with Gasteiger partial charge in [-0.3, -0.25) is 0 Å². The van der Waals surface area contributed by atoms with Crippen LogP contribution >= 0.6 is 0 Å². The smallest absolute Gasteiger partial charge is 0.0275 e. The van der Waals surface area contributed by atoms with Gasteiger partial charge in [-0.05, 0) is 49.2 Å². The average Bonchev–Trinajstić information content (AvgIpc) is 2.65. The largest absolute Gasteiger partial charge is 0.306 e. The van der Waals surface area contributed by atoms with Crippen LogP contribution in [0.5, 0.6) is 0 Å². The molecule has 2 aromatic carbocycles. The van der Waals surface area contributed by atoms with Crippen molar-refractivity contribution in [2.24, 2.45) is 0 Å². The maximum atomic E-state index is 2.38. The van der Waals surface area contributed by atoms with E-state index in [2.05, 4.69) is 79.7 Å². The Morgan fingerprint density at radius 2 is 1.43 bits per heavy atom. The molecule has 21 heavy (non-hydrogen) atoms. The Labute approximate surface area is 127 Å². The van der Waals surface area contributed by atoms with E-state index in [1.165, 1.54) is 22.3 Å². The third-order valence-electron chi connectivity index (χ3n) is 4.24. The molecular weight excluding hydrogens is 254 g/mol. The number of rotatable bonds is 3. The van der Waals surface area contributed by atoms with Gasteiger partial charge in [0.25, 0.3) is 0 Å². The molecule has 2 aromatic rings. The van der Waals surface area contributed by atoms with Gasteiger partial charge in [-0.15, -0.1) is 0 Å². The van der Waals surface area contributed by atoms with Gasteiger partial charge in [0, 0.05) is 12.5 Å².